The average Bonchev–Trinajstić information content (AvgIpc) is 2.91. The SMILES string of the molecule is O=C(NCCCCc1ccccc1)n1c(=O)oc2ccncc21. The number of nitrogens with one attached hydrogen (secondary N) is 1. The number of hydrogen-bond acceptors (Lipinski definition) is 4. The van der Waals surface area contributed by atoms with E-state index in [2.05, 4.69) is 22.4 Å². The van der Waals surface area contributed by atoms with E-state index in [9.17, 15) is 9.59 Å². The highest BCUT2D eigenvalue weighted by Gasteiger charge is 2.15. The van der Waals surface area contributed by atoms with Crippen LogP contribution >= 0.6 is 0 Å². The van der Waals surface area contributed by atoms with Crippen molar-refractivity contribution >= 4 is 17.1 Å². The summed E-state index contributed by atoms with van der Waals surface area (Å²) < 4.78 is 5.98. The minimum absolute atomic E-state index is 0.351. The third kappa shape index (κ3) is 3.48. The number of carbonyl (C=O) groups is 1. The van der Waals surface area contributed by atoms with Gasteiger partial charge in [0.25, 0.3) is 0 Å². The van der Waals surface area contributed by atoms with Gasteiger partial charge in [0.05, 0.1) is 6.20 Å². The summed E-state index contributed by atoms with van der Waals surface area (Å²) in [6.07, 6.45) is 5.72. The van der Waals surface area contributed by atoms with Gasteiger partial charge in [0.15, 0.2) is 5.58 Å². The van der Waals surface area contributed by atoms with Crippen LogP contribution in [0, 0.1) is 0 Å². The highest BCUT2D eigenvalue weighted by atomic mass is 16.4. The first-order chi connectivity index (χ1) is 11.3. The zero-order valence-electron chi connectivity index (χ0n) is 12.6. The van der Waals surface area contributed by atoms with Crippen LogP contribution in [0.4, 0.5) is 4.79 Å². The van der Waals surface area contributed by atoms with Crippen LogP contribution in [-0.4, -0.2) is 22.1 Å². The van der Waals surface area contributed by atoms with E-state index < -0.39 is 11.8 Å². The highest BCUT2D eigenvalue weighted by Crippen LogP contribution is 2.09. The van der Waals surface area contributed by atoms with Gasteiger partial charge in [-0.3, -0.25) is 4.98 Å². The Morgan fingerprint density at radius 3 is 2.83 bits per heavy atom. The maximum absolute atomic E-state index is 12.1. The van der Waals surface area contributed by atoms with Crippen LogP contribution < -0.4 is 11.1 Å². The standard InChI is InChI=1S/C17H17N3O3/c21-16(19-10-5-4-8-13-6-2-1-3-7-13)20-14-12-18-11-9-15(14)23-17(20)22/h1-3,6-7,9,11-12H,4-5,8,10H2,(H,19,21). The van der Waals surface area contributed by atoms with E-state index in [0.29, 0.717) is 17.6 Å². The molecule has 0 fully saturated rings. The number of hydrogen-bond donors (Lipinski definition) is 1. The Labute approximate surface area is 132 Å². The predicted molar refractivity (Wildman–Crippen MR) is 86.4 cm³/mol. The van der Waals surface area contributed by atoms with E-state index in [-0.39, 0.29) is 0 Å². The molecule has 0 atom stereocenters. The fourth-order valence-electron chi connectivity index (χ4n) is 2.43. The second kappa shape index (κ2) is 6.91. The topological polar surface area (TPSA) is 77.1 Å². The van der Waals surface area contributed by atoms with Crippen molar-refractivity contribution < 1.29 is 9.21 Å². The third-order valence-corrected chi connectivity index (χ3v) is 3.60. The highest BCUT2D eigenvalue weighted by molar-refractivity contribution is 5.87. The molecule has 1 aromatic carbocycles. The zero-order valence-corrected chi connectivity index (χ0v) is 12.6. The van der Waals surface area contributed by atoms with Gasteiger partial charge < -0.3 is 9.73 Å². The lowest BCUT2D eigenvalue weighted by Crippen LogP contribution is -2.34. The molecule has 0 unspecified atom stereocenters. The van der Waals surface area contributed by atoms with Crippen LogP contribution in [0.5, 0.6) is 0 Å². The first-order valence-corrected chi connectivity index (χ1v) is 7.53. The maximum atomic E-state index is 12.1. The van der Waals surface area contributed by atoms with Gasteiger partial charge in [-0.05, 0) is 24.8 Å². The summed E-state index contributed by atoms with van der Waals surface area (Å²) in [4.78, 5) is 27.8. The minimum atomic E-state index is -0.699. The summed E-state index contributed by atoms with van der Waals surface area (Å²) in [5.41, 5.74) is 2.01. The molecule has 0 saturated carbocycles. The molecule has 6 nitrogen and oxygen atoms in total. The molecule has 3 aromatic rings. The van der Waals surface area contributed by atoms with Gasteiger partial charge in [-0.1, -0.05) is 30.3 Å². The van der Waals surface area contributed by atoms with Gasteiger partial charge in [0.1, 0.15) is 5.52 Å². The van der Waals surface area contributed by atoms with Crippen molar-refractivity contribution in [2.45, 2.75) is 19.3 Å². The van der Waals surface area contributed by atoms with Crippen molar-refractivity contribution in [1.29, 1.82) is 0 Å². The molecular weight excluding hydrogens is 294 g/mol. The van der Waals surface area contributed by atoms with E-state index in [0.717, 1.165) is 23.8 Å². The largest absolute Gasteiger partial charge is 0.428 e. The number of fused-ring (bicyclic) bond motifs is 1. The van der Waals surface area contributed by atoms with E-state index in [4.69, 9.17) is 4.42 Å². The minimum Gasteiger partial charge on any atom is -0.407 e. The molecule has 0 bridgehead atoms. The number of rotatable bonds is 5. The van der Waals surface area contributed by atoms with Crippen molar-refractivity contribution in [3.05, 3.63) is 64.9 Å². The van der Waals surface area contributed by atoms with Crippen LogP contribution in [0.15, 0.2) is 58.0 Å². The van der Waals surface area contributed by atoms with Crippen molar-refractivity contribution in [2.75, 3.05) is 6.54 Å². The molecule has 1 N–H and O–H groups in total. The number of aryl methyl sites for hydroxylation is 1. The molecule has 2 aromatic heterocycles. The average molecular weight is 311 g/mol. The predicted octanol–water partition coefficient (Wildman–Crippen LogP) is 2.57. The number of oxazole rings is 1. The Balaban J connectivity index is 1.53. The Hall–Kier alpha value is -2.89. The van der Waals surface area contributed by atoms with Gasteiger partial charge >= 0.3 is 11.8 Å². The first kappa shape index (κ1) is 15.0. The second-order valence-corrected chi connectivity index (χ2v) is 5.22. The first-order valence-electron chi connectivity index (χ1n) is 7.53. The zero-order chi connectivity index (χ0) is 16.1. The van der Waals surface area contributed by atoms with Gasteiger partial charge in [0, 0.05) is 18.8 Å². The fraction of sp³-hybridized carbons (Fsp3) is 0.235. The summed E-state index contributed by atoms with van der Waals surface area (Å²) in [7, 11) is 0. The number of amides is 1. The van der Waals surface area contributed by atoms with Gasteiger partial charge in [-0.15, -0.1) is 0 Å². The van der Waals surface area contributed by atoms with E-state index in [1.54, 1.807) is 6.07 Å². The van der Waals surface area contributed by atoms with Crippen LogP contribution in [0.1, 0.15) is 18.4 Å². The van der Waals surface area contributed by atoms with Crippen LogP contribution in [0.2, 0.25) is 0 Å². The molecular formula is C17H17N3O3. The smallest absolute Gasteiger partial charge is 0.407 e. The second-order valence-electron chi connectivity index (χ2n) is 5.22. The quantitative estimate of drug-likeness (QED) is 0.735. The summed E-state index contributed by atoms with van der Waals surface area (Å²) in [5.74, 6) is -0.699. The number of pyridine rings is 1. The Kier molecular flexibility index (Phi) is 4.52. The Bertz CT molecular complexity index is 852. The normalized spacial score (nSPS) is 10.8. The molecule has 0 spiro atoms. The van der Waals surface area contributed by atoms with Gasteiger partial charge in [-0.25, -0.2) is 9.59 Å². The number of nitrogens with zero attached hydrogens (tertiary/aromatic N) is 2. The van der Waals surface area contributed by atoms with Crippen LogP contribution in [0.3, 0.4) is 0 Å². The lowest BCUT2D eigenvalue weighted by Gasteiger charge is -2.05. The molecule has 0 radical (unpaired) electrons. The number of carbonyl (C=O) groups excluding carboxylic acids is 1. The summed E-state index contributed by atoms with van der Waals surface area (Å²) in [6, 6.07) is 11.3. The molecule has 0 aliphatic carbocycles. The maximum Gasteiger partial charge on any atom is 0.428 e. The van der Waals surface area contributed by atoms with E-state index in [1.807, 2.05) is 18.2 Å². The molecule has 23 heavy (non-hydrogen) atoms. The van der Waals surface area contributed by atoms with Gasteiger partial charge in [0.2, 0.25) is 0 Å². The molecule has 0 aliphatic heterocycles. The van der Waals surface area contributed by atoms with Crippen molar-refractivity contribution in [2.24, 2.45) is 0 Å². The van der Waals surface area contributed by atoms with Crippen molar-refractivity contribution in [1.82, 2.24) is 14.9 Å². The molecule has 3 rings (SSSR count). The van der Waals surface area contributed by atoms with Crippen LogP contribution in [-0.2, 0) is 6.42 Å². The van der Waals surface area contributed by atoms with E-state index in [1.165, 1.54) is 18.0 Å². The molecule has 0 aliphatic rings. The van der Waals surface area contributed by atoms with Gasteiger partial charge in [-0.2, -0.15) is 4.57 Å². The summed E-state index contributed by atoms with van der Waals surface area (Å²) >= 11 is 0. The summed E-state index contributed by atoms with van der Waals surface area (Å²) in [6.45, 7) is 0.505. The molecule has 118 valence electrons. The van der Waals surface area contributed by atoms with Crippen molar-refractivity contribution in [3.8, 4) is 0 Å². The monoisotopic (exact) mass is 311 g/mol. The number of unbranched alkanes of at least 4 members (excludes halogenated alkanes) is 1. The summed E-state index contributed by atoms with van der Waals surface area (Å²) in [5, 5.41) is 2.74. The van der Waals surface area contributed by atoms with Crippen molar-refractivity contribution in [3.63, 3.8) is 0 Å². The molecule has 0 saturated heterocycles. The Morgan fingerprint density at radius 1 is 1.17 bits per heavy atom. The Morgan fingerprint density at radius 2 is 2.00 bits per heavy atom. The lowest BCUT2D eigenvalue weighted by atomic mass is 10.1. The number of benzene rings is 1. The fourth-order valence-corrected chi connectivity index (χ4v) is 2.43. The third-order valence-electron chi connectivity index (χ3n) is 3.60. The molecule has 1 amide bonds. The van der Waals surface area contributed by atoms with E-state index >= 15 is 0 Å². The lowest BCUT2D eigenvalue weighted by molar-refractivity contribution is 0.241. The molecule has 6 heteroatoms. The van der Waals surface area contributed by atoms with Crippen LogP contribution in [0.25, 0.3) is 11.1 Å². The number of aromatic nitrogens is 2. The molecule has 2 heterocycles.